The molecule has 3 N–H and O–H groups in total. The maximum absolute atomic E-state index is 11.9. The van der Waals surface area contributed by atoms with Crippen LogP contribution in [0.1, 0.15) is 22.3 Å². The number of benzene rings is 5. The minimum atomic E-state index is -1.33. The second-order valence-corrected chi connectivity index (χ2v) is 15.3. The summed E-state index contributed by atoms with van der Waals surface area (Å²) in [4.78, 5) is 0.867. The van der Waals surface area contributed by atoms with E-state index in [-0.39, 0.29) is 26.4 Å². The molecule has 10 nitrogen and oxygen atoms in total. The van der Waals surface area contributed by atoms with Gasteiger partial charge in [-0.15, -0.1) is 0 Å². The van der Waals surface area contributed by atoms with E-state index in [4.69, 9.17) is 33.2 Å². The summed E-state index contributed by atoms with van der Waals surface area (Å²) in [6.45, 7) is 0.977. The van der Waals surface area contributed by atoms with Crippen molar-refractivity contribution in [3.63, 3.8) is 0 Å². The van der Waals surface area contributed by atoms with Crippen LogP contribution in [-0.4, -0.2) is 89.1 Å². The number of hydrogen-bond donors (Lipinski definition) is 3. The van der Waals surface area contributed by atoms with Crippen molar-refractivity contribution in [2.45, 2.75) is 91.9 Å². The van der Waals surface area contributed by atoms with E-state index in [1.165, 1.54) is 11.8 Å². The lowest BCUT2D eigenvalue weighted by atomic mass is 9.96. The van der Waals surface area contributed by atoms with E-state index in [2.05, 4.69) is 0 Å². The monoisotopic (exact) mass is 794 g/mol. The molecule has 0 unspecified atom stereocenters. The molecule has 2 fully saturated rings. The Balaban J connectivity index is 1.16. The van der Waals surface area contributed by atoms with Crippen molar-refractivity contribution in [1.82, 2.24) is 0 Å². The fourth-order valence-electron chi connectivity index (χ4n) is 6.86. The van der Waals surface area contributed by atoms with Crippen LogP contribution in [0.3, 0.4) is 0 Å². The smallest absolute Gasteiger partial charge is 0.187 e. The normalized spacial score (nSPS) is 27.6. The molecule has 0 aromatic heterocycles. The average molecular weight is 795 g/mol. The van der Waals surface area contributed by atoms with Crippen LogP contribution in [0.4, 0.5) is 0 Å². The molecule has 7 rings (SSSR count). The first kappa shape index (κ1) is 41.2. The van der Waals surface area contributed by atoms with Crippen molar-refractivity contribution in [2.24, 2.45) is 0 Å². The number of ether oxygens (including phenoxy) is 7. The van der Waals surface area contributed by atoms with Crippen LogP contribution in [0.5, 0.6) is 0 Å². The predicted molar refractivity (Wildman–Crippen MR) is 215 cm³/mol. The summed E-state index contributed by atoms with van der Waals surface area (Å²) in [5.74, 6) is 0. The lowest BCUT2D eigenvalue weighted by Crippen LogP contribution is -2.65. The quantitative estimate of drug-likeness (QED) is 0.0926. The summed E-state index contributed by atoms with van der Waals surface area (Å²) in [7, 11) is 0. The highest BCUT2D eigenvalue weighted by Crippen LogP contribution is 2.37. The van der Waals surface area contributed by atoms with Crippen LogP contribution >= 0.6 is 11.8 Å². The molecule has 2 aliphatic heterocycles. The summed E-state index contributed by atoms with van der Waals surface area (Å²) >= 11 is 1.32. The number of hydrogen-bond acceptors (Lipinski definition) is 11. The Hall–Kier alpha value is -3.95. The molecule has 11 heteroatoms. The number of aliphatic hydroxyl groups excluding tert-OH is 3. The maximum atomic E-state index is 11.9. The lowest BCUT2D eigenvalue weighted by molar-refractivity contribution is -0.351. The average Bonchev–Trinajstić information content (AvgIpc) is 3.25. The van der Waals surface area contributed by atoms with Gasteiger partial charge in [0.25, 0.3) is 0 Å². The van der Waals surface area contributed by atoms with E-state index in [1.54, 1.807) is 0 Å². The van der Waals surface area contributed by atoms with Gasteiger partial charge in [-0.2, -0.15) is 0 Å². The second kappa shape index (κ2) is 21.2. The largest absolute Gasteiger partial charge is 0.387 e. The summed E-state index contributed by atoms with van der Waals surface area (Å²) in [5.41, 5.74) is 2.90. The highest BCUT2D eigenvalue weighted by molar-refractivity contribution is 7.99. The third-order valence-electron chi connectivity index (χ3n) is 9.90. The van der Waals surface area contributed by atoms with E-state index in [0.717, 1.165) is 27.1 Å². The van der Waals surface area contributed by atoms with E-state index in [1.807, 2.05) is 152 Å². The predicted octanol–water partition coefficient (Wildman–Crippen LogP) is 6.30. The standard InChI is InChI=1S/C46H50O10S/c47-39-38(31-51-27-33-18-8-2-9-19-33)55-46(57-36-24-14-5-15-25-36)41(49)42(39)56-45-44(53-29-35-22-12-4-13-23-35)43(52-28-34-20-10-3-11-21-34)40(48)37(54-45)30-50-26-32-16-6-1-7-17-32/h1-25,37-49H,26-31H2/t37-,38-,39-,40-,41-,42+,43+,44-,45+,46+/m1/s1. The van der Waals surface area contributed by atoms with Gasteiger partial charge in [-0.25, -0.2) is 0 Å². The lowest BCUT2D eigenvalue weighted by Gasteiger charge is -2.48. The second-order valence-electron chi connectivity index (χ2n) is 14.1. The summed E-state index contributed by atoms with van der Waals surface area (Å²) in [6, 6.07) is 48.3. The molecule has 10 atom stereocenters. The number of thioether (sulfide) groups is 1. The van der Waals surface area contributed by atoms with Crippen molar-refractivity contribution < 1.29 is 48.5 Å². The molecular weight excluding hydrogens is 745 g/mol. The molecule has 0 spiro atoms. The molecule has 0 saturated carbocycles. The van der Waals surface area contributed by atoms with Gasteiger partial charge in [-0.05, 0) is 34.4 Å². The Kier molecular flexibility index (Phi) is 15.3. The Bertz CT molecular complexity index is 1860. The third-order valence-corrected chi connectivity index (χ3v) is 11.1. The SMILES string of the molecule is O[C@@H]1[C@@H](O[C@@H]2O[C@H](COCc3ccccc3)[C@@H](O)[C@H](OCc3ccccc3)[C@H]2OCc2ccccc2)[C@H](O)[C@@H](COCc2ccccc2)O[C@H]1Sc1ccccc1. The number of rotatable bonds is 18. The van der Waals surface area contributed by atoms with Gasteiger partial charge >= 0.3 is 0 Å². The first-order valence-electron chi connectivity index (χ1n) is 19.3. The number of aliphatic hydroxyl groups is 3. The summed E-state index contributed by atoms with van der Waals surface area (Å²) < 4.78 is 44.8. The Morgan fingerprint density at radius 3 is 1.33 bits per heavy atom. The van der Waals surface area contributed by atoms with Gasteiger partial charge in [-0.1, -0.05) is 151 Å². The molecule has 57 heavy (non-hydrogen) atoms. The molecule has 0 amide bonds. The Labute approximate surface area is 338 Å². The van der Waals surface area contributed by atoms with Gasteiger partial charge in [0.2, 0.25) is 0 Å². The minimum absolute atomic E-state index is 0.00778. The van der Waals surface area contributed by atoms with Crippen LogP contribution in [0.2, 0.25) is 0 Å². The fourth-order valence-corrected chi connectivity index (χ4v) is 7.93. The van der Waals surface area contributed by atoms with Crippen LogP contribution in [0.25, 0.3) is 0 Å². The molecule has 2 heterocycles. The van der Waals surface area contributed by atoms with Crippen molar-refractivity contribution >= 4 is 11.8 Å². The fraction of sp³-hybridized carbons (Fsp3) is 0.348. The summed E-state index contributed by atoms with van der Waals surface area (Å²) in [5, 5.41) is 35.8. The molecule has 5 aromatic rings. The molecule has 0 bridgehead atoms. The maximum Gasteiger partial charge on any atom is 0.187 e. The van der Waals surface area contributed by atoms with Crippen LogP contribution in [0.15, 0.2) is 157 Å². The third kappa shape index (κ3) is 11.6. The van der Waals surface area contributed by atoms with Crippen molar-refractivity contribution in [3.8, 4) is 0 Å². The first-order chi connectivity index (χ1) is 28.0. The molecule has 0 aliphatic carbocycles. The van der Waals surface area contributed by atoms with Crippen LogP contribution in [-0.2, 0) is 59.6 Å². The molecule has 2 aliphatic rings. The molecule has 5 aromatic carbocycles. The molecule has 300 valence electrons. The molecule has 2 saturated heterocycles. The van der Waals surface area contributed by atoms with Gasteiger partial charge in [0.15, 0.2) is 6.29 Å². The summed E-state index contributed by atoms with van der Waals surface area (Å²) in [6.07, 6.45) is -9.98. The Morgan fingerprint density at radius 2 is 0.842 bits per heavy atom. The van der Waals surface area contributed by atoms with E-state index < -0.39 is 60.6 Å². The zero-order chi connectivity index (χ0) is 39.2. The van der Waals surface area contributed by atoms with Gasteiger partial charge in [-0.3, -0.25) is 0 Å². The van der Waals surface area contributed by atoms with Gasteiger partial charge in [0, 0.05) is 4.90 Å². The first-order valence-corrected chi connectivity index (χ1v) is 20.2. The van der Waals surface area contributed by atoms with Crippen molar-refractivity contribution in [3.05, 3.63) is 174 Å². The zero-order valence-corrected chi connectivity index (χ0v) is 32.4. The van der Waals surface area contributed by atoms with Crippen molar-refractivity contribution in [2.75, 3.05) is 13.2 Å². The topological polar surface area (TPSA) is 125 Å². The van der Waals surface area contributed by atoms with Gasteiger partial charge in [0.1, 0.15) is 54.3 Å². The minimum Gasteiger partial charge on any atom is -0.387 e. The molecule has 0 radical (unpaired) electrons. The molecular formula is C46H50O10S. The van der Waals surface area contributed by atoms with Gasteiger partial charge in [0.05, 0.1) is 39.6 Å². The van der Waals surface area contributed by atoms with Gasteiger partial charge < -0.3 is 48.5 Å². The van der Waals surface area contributed by atoms with Crippen LogP contribution in [0, 0.1) is 0 Å². The van der Waals surface area contributed by atoms with Crippen molar-refractivity contribution in [1.29, 1.82) is 0 Å². The van der Waals surface area contributed by atoms with E-state index in [0.29, 0.717) is 13.2 Å². The highest BCUT2D eigenvalue weighted by atomic mass is 32.2. The van der Waals surface area contributed by atoms with E-state index >= 15 is 0 Å². The zero-order valence-electron chi connectivity index (χ0n) is 31.6. The van der Waals surface area contributed by atoms with E-state index in [9.17, 15) is 15.3 Å². The van der Waals surface area contributed by atoms with Crippen LogP contribution < -0.4 is 0 Å². The highest BCUT2D eigenvalue weighted by Gasteiger charge is 2.52. The Morgan fingerprint density at radius 1 is 0.439 bits per heavy atom.